The summed E-state index contributed by atoms with van der Waals surface area (Å²) in [6.45, 7) is 16.3. The number of nitrogens with zero attached hydrogens (tertiary/aromatic N) is 2. The van der Waals surface area contributed by atoms with Crippen LogP contribution in [0.25, 0.3) is 21.5 Å². The second kappa shape index (κ2) is 8.75. The van der Waals surface area contributed by atoms with E-state index in [2.05, 4.69) is 155 Å². The average Bonchev–Trinajstić information content (AvgIpc) is 3.25. The Morgan fingerprint density at radius 2 is 0.857 bits per heavy atom. The molecule has 1 radical (unpaired) electrons. The molecule has 1 heterocycles. The summed E-state index contributed by atoms with van der Waals surface area (Å²) >= 11 is 0. The zero-order valence-electron chi connectivity index (χ0n) is 21.9. The van der Waals surface area contributed by atoms with Gasteiger partial charge in [0.1, 0.15) is 6.67 Å². The summed E-state index contributed by atoms with van der Waals surface area (Å²) in [4.78, 5) is 4.81. The lowest BCUT2D eigenvalue weighted by atomic mass is 9.80. The second-order valence-electron chi connectivity index (χ2n) is 12.1. The van der Waals surface area contributed by atoms with Crippen LogP contribution in [0.4, 0.5) is 0 Å². The quantitative estimate of drug-likeness (QED) is 0.299. The number of benzene rings is 4. The van der Waals surface area contributed by atoms with Gasteiger partial charge in [-0.25, -0.2) is 0 Å². The molecule has 35 heavy (non-hydrogen) atoms. The van der Waals surface area contributed by atoms with E-state index in [0.29, 0.717) is 0 Å². The number of rotatable bonds is 4. The zero-order valence-corrected chi connectivity index (χ0v) is 21.9. The maximum Gasteiger partial charge on any atom is 0.142 e. The molecule has 4 aromatic rings. The van der Waals surface area contributed by atoms with E-state index in [1.807, 2.05) is 0 Å². The van der Waals surface area contributed by atoms with Gasteiger partial charge in [-0.15, -0.1) is 0 Å². The molecule has 5 rings (SSSR count). The topological polar surface area (TPSA) is 6.48 Å². The van der Waals surface area contributed by atoms with Crippen LogP contribution in [0, 0.1) is 17.5 Å². The van der Waals surface area contributed by atoms with Crippen molar-refractivity contribution in [3.63, 3.8) is 0 Å². The molecule has 0 aliphatic carbocycles. The molecule has 0 aromatic heterocycles. The normalized spacial score (nSPS) is 16.3. The van der Waals surface area contributed by atoms with Gasteiger partial charge < -0.3 is 9.80 Å². The van der Waals surface area contributed by atoms with Gasteiger partial charge in [-0.05, 0) is 55.6 Å². The Morgan fingerprint density at radius 1 is 0.486 bits per heavy atom. The monoisotopic (exact) mass is 461 g/mol. The molecule has 2 atom stereocenters. The molecule has 1 aliphatic heterocycles. The fourth-order valence-electron chi connectivity index (χ4n) is 5.68. The first-order chi connectivity index (χ1) is 16.6. The van der Waals surface area contributed by atoms with Crippen LogP contribution in [0.1, 0.15) is 64.8 Å². The van der Waals surface area contributed by atoms with Gasteiger partial charge in [-0.1, -0.05) is 114 Å². The molecule has 0 bridgehead atoms. The van der Waals surface area contributed by atoms with Gasteiger partial charge in [0.25, 0.3) is 0 Å². The van der Waals surface area contributed by atoms with Crippen molar-refractivity contribution >= 4 is 21.5 Å². The minimum atomic E-state index is 0.0550. The molecule has 0 saturated heterocycles. The Kier molecular flexibility index (Phi) is 5.87. The van der Waals surface area contributed by atoms with Gasteiger partial charge in [-0.2, -0.15) is 0 Å². The van der Waals surface area contributed by atoms with Gasteiger partial charge in [0, 0.05) is 12.4 Å². The van der Waals surface area contributed by atoms with Crippen molar-refractivity contribution in [2.75, 3.05) is 0 Å². The minimum absolute atomic E-state index is 0.0550. The first-order valence-corrected chi connectivity index (χ1v) is 12.7. The van der Waals surface area contributed by atoms with Gasteiger partial charge in [-0.3, -0.25) is 0 Å². The Hall–Kier alpha value is -3.26. The molecule has 2 heteroatoms. The van der Waals surface area contributed by atoms with Crippen molar-refractivity contribution < 1.29 is 0 Å². The highest BCUT2D eigenvalue weighted by Crippen LogP contribution is 2.46. The maximum atomic E-state index is 2.41. The third-order valence-electron chi connectivity index (χ3n) is 7.09. The van der Waals surface area contributed by atoms with Crippen LogP contribution in [-0.2, 0) is 0 Å². The summed E-state index contributed by atoms with van der Waals surface area (Å²) in [5.41, 5.74) is 2.80. The second-order valence-corrected chi connectivity index (χ2v) is 12.1. The first kappa shape index (κ1) is 23.5. The van der Waals surface area contributed by atoms with Gasteiger partial charge in [0.05, 0.1) is 12.1 Å². The zero-order chi connectivity index (χ0) is 24.8. The van der Waals surface area contributed by atoms with Gasteiger partial charge in [0.2, 0.25) is 0 Å². The van der Waals surface area contributed by atoms with E-state index in [1.54, 1.807) is 0 Å². The summed E-state index contributed by atoms with van der Waals surface area (Å²) in [6, 6.07) is 31.6. The fraction of sp³-hybridized carbons (Fsp3) is 0.303. The van der Waals surface area contributed by atoms with Crippen molar-refractivity contribution in [1.82, 2.24) is 9.80 Å². The Morgan fingerprint density at radius 3 is 1.23 bits per heavy atom. The molecule has 4 aromatic carbocycles. The molecule has 1 aliphatic rings. The number of hydrogen-bond donors (Lipinski definition) is 0. The molecule has 0 N–H and O–H groups in total. The predicted octanol–water partition coefficient (Wildman–Crippen LogP) is 9.08. The van der Waals surface area contributed by atoms with E-state index >= 15 is 0 Å². The smallest absolute Gasteiger partial charge is 0.142 e. The van der Waals surface area contributed by atoms with E-state index in [1.165, 1.54) is 32.7 Å². The molecule has 0 saturated carbocycles. The van der Waals surface area contributed by atoms with Crippen LogP contribution in [0.15, 0.2) is 97.3 Å². The lowest BCUT2D eigenvalue weighted by Crippen LogP contribution is -2.36. The Bertz CT molecular complexity index is 1260. The lowest BCUT2D eigenvalue weighted by molar-refractivity contribution is 0.116. The summed E-state index contributed by atoms with van der Waals surface area (Å²) in [5.74, 6) is 0. The van der Waals surface area contributed by atoms with E-state index in [-0.39, 0.29) is 22.9 Å². The van der Waals surface area contributed by atoms with Crippen molar-refractivity contribution in [3.8, 4) is 0 Å². The molecule has 2 nitrogen and oxygen atoms in total. The van der Waals surface area contributed by atoms with E-state index in [9.17, 15) is 0 Å². The third kappa shape index (κ3) is 4.67. The highest BCUT2D eigenvalue weighted by molar-refractivity contribution is 5.84. The summed E-state index contributed by atoms with van der Waals surface area (Å²) in [7, 11) is 0. The van der Waals surface area contributed by atoms with Crippen LogP contribution in [0.3, 0.4) is 0 Å². The van der Waals surface area contributed by atoms with Gasteiger partial charge >= 0.3 is 0 Å². The molecule has 0 amide bonds. The highest BCUT2D eigenvalue weighted by Gasteiger charge is 2.38. The number of fused-ring (bicyclic) bond motifs is 2. The lowest BCUT2D eigenvalue weighted by Gasteiger charge is -2.42. The molecule has 0 spiro atoms. The standard InChI is InChI=1S/C33H37N2/c1-32(2,3)30(28-17-15-24-11-7-9-13-26(24)21-28)34-19-20-35(23-34)31(33(4,5)6)29-18-16-25-12-8-10-14-27(25)22-29/h7-23,30-31H,1-6H3/t30-,31-/m1/s1. The van der Waals surface area contributed by atoms with Crippen LogP contribution >= 0.6 is 0 Å². The molecular weight excluding hydrogens is 424 g/mol. The summed E-state index contributed by atoms with van der Waals surface area (Å²) in [6.07, 6.45) is 4.51. The first-order valence-electron chi connectivity index (χ1n) is 12.7. The minimum Gasteiger partial charge on any atom is -0.345 e. The highest BCUT2D eigenvalue weighted by atomic mass is 15.4. The van der Waals surface area contributed by atoms with Gasteiger partial charge in [0.15, 0.2) is 0 Å². The van der Waals surface area contributed by atoms with Crippen LogP contribution in [0.2, 0.25) is 0 Å². The van der Waals surface area contributed by atoms with E-state index < -0.39 is 0 Å². The average molecular weight is 462 g/mol. The van der Waals surface area contributed by atoms with Crippen molar-refractivity contribution in [3.05, 3.63) is 115 Å². The molecule has 0 unspecified atom stereocenters. The summed E-state index contributed by atoms with van der Waals surface area (Å²) < 4.78 is 0. The van der Waals surface area contributed by atoms with Crippen LogP contribution in [0.5, 0.6) is 0 Å². The predicted molar refractivity (Wildman–Crippen MR) is 149 cm³/mol. The van der Waals surface area contributed by atoms with Crippen LogP contribution < -0.4 is 0 Å². The Balaban J connectivity index is 1.48. The maximum absolute atomic E-state index is 2.41. The van der Waals surface area contributed by atoms with E-state index in [4.69, 9.17) is 0 Å². The molecule has 179 valence electrons. The number of hydrogen-bond acceptors (Lipinski definition) is 2. The molecule has 0 fully saturated rings. The molecular formula is C33H37N2. The Labute approximate surface area is 210 Å². The third-order valence-corrected chi connectivity index (χ3v) is 7.09. The van der Waals surface area contributed by atoms with Crippen LogP contribution in [-0.4, -0.2) is 9.80 Å². The fourth-order valence-corrected chi connectivity index (χ4v) is 5.68. The van der Waals surface area contributed by atoms with Crippen molar-refractivity contribution in [2.45, 2.75) is 53.6 Å². The largest absolute Gasteiger partial charge is 0.345 e. The van der Waals surface area contributed by atoms with Crippen molar-refractivity contribution in [1.29, 1.82) is 0 Å². The van der Waals surface area contributed by atoms with E-state index in [0.717, 1.165) is 0 Å². The summed E-state index contributed by atoms with van der Waals surface area (Å²) in [5, 5.41) is 5.16. The SMILES string of the molecule is CC(C)(C)[C@@H](c1ccc2ccccc2c1)N1[CH]N([C@H](c2ccc3ccccc3c2)C(C)(C)C)C=C1. The van der Waals surface area contributed by atoms with Crippen molar-refractivity contribution in [2.24, 2.45) is 10.8 Å².